The van der Waals surface area contributed by atoms with Crippen molar-refractivity contribution in [3.05, 3.63) is 0 Å². The highest BCUT2D eigenvalue weighted by atomic mass is 31.2. The number of ether oxygens (including phenoxy) is 4. The molecular weight excluding hydrogens is 1310 g/mol. The van der Waals surface area contributed by atoms with Crippen molar-refractivity contribution in [2.24, 2.45) is 23.7 Å². The predicted molar refractivity (Wildman–Crippen MR) is 409 cm³/mol. The Morgan fingerprint density at radius 1 is 0.280 bits per heavy atom. The molecule has 0 aliphatic heterocycles. The molecule has 0 saturated heterocycles. The van der Waals surface area contributed by atoms with Gasteiger partial charge in [0.1, 0.15) is 19.3 Å². The molecule has 0 aliphatic carbocycles. The molecule has 4 unspecified atom stereocenters. The summed E-state index contributed by atoms with van der Waals surface area (Å²) >= 11 is 0. The molecule has 594 valence electrons. The quantitative estimate of drug-likeness (QED) is 0.0222. The number of phosphoric ester groups is 2. The van der Waals surface area contributed by atoms with Crippen LogP contribution in [0.5, 0.6) is 0 Å². The van der Waals surface area contributed by atoms with E-state index in [0.29, 0.717) is 31.6 Å². The number of hydrogen-bond acceptors (Lipinski definition) is 15. The van der Waals surface area contributed by atoms with E-state index in [2.05, 4.69) is 55.4 Å². The van der Waals surface area contributed by atoms with Crippen molar-refractivity contribution in [2.75, 3.05) is 39.6 Å². The van der Waals surface area contributed by atoms with E-state index in [-0.39, 0.29) is 25.7 Å². The number of rotatable bonds is 78. The molecule has 0 aliphatic rings. The number of unbranched alkanes of at least 4 members (excludes halogenated alkanes) is 43. The zero-order chi connectivity index (χ0) is 73.8. The lowest BCUT2D eigenvalue weighted by Crippen LogP contribution is -2.30. The van der Waals surface area contributed by atoms with E-state index in [9.17, 15) is 43.2 Å². The van der Waals surface area contributed by atoms with E-state index in [4.69, 9.17) is 37.0 Å². The van der Waals surface area contributed by atoms with Gasteiger partial charge in [0, 0.05) is 25.7 Å². The predicted octanol–water partition coefficient (Wildman–Crippen LogP) is 24.0. The highest BCUT2D eigenvalue weighted by molar-refractivity contribution is 7.47. The average molecular weight is 1470 g/mol. The Hall–Kier alpha value is -1.94. The van der Waals surface area contributed by atoms with E-state index in [1.54, 1.807) is 0 Å². The fraction of sp³-hybridized carbons (Fsp3) is 0.951. The summed E-state index contributed by atoms with van der Waals surface area (Å²) in [6.45, 7) is 14.2. The van der Waals surface area contributed by atoms with Crippen LogP contribution in [0.25, 0.3) is 0 Å². The van der Waals surface area contributed by atoms with E-state index < -0.39 is 97.5 Å². The van der Waals surface area contributed by atoms with E-state index >= 15 is 0 Å². The molecule has 0 heterocycles. The Morgan fingerprint density at radius 2 is 0.480 bits per heavy atom. The van der Waals surface area contributed by atoms with Gasteiger partial charge in [-0.1, -0.05) is 364 Å². The van der Waals surface area contributed by atoms with Crippen LogP contribution in [0, 0.1) is 23.7 Å². The van der Waals surface area contributed by atoms with Gasteiger partial charge in [-0.25, -0.2) is 9.13 Å². The van der Waals surface area contributed by atoms with Crippen molar-refractivity contribution in [1.82, 2.24) is 0 Å². The molecule has 100 heavy (non-hydrogen) atoms. The maximum absolute atomic E-state index is 13.1. The first kappa shape index (κ1) is 98.1. The molecule has 0 saturated carbocycles. The Bertz CT molecular complexity index is 1960. The second-order valence-corrected chi connectivity index (χ2v) is 33.7. The van der Waals surface area contributed by atoms with Crippen LogP contribution in [0.1, 0.15) is 415 Å². The summed E-state index contributed by atoms with van der Waals surface area (Å²) in [5.41, 5.74) is 0. The Labute approximate surface area is 613 Å². The molecule has 0 aromatic rings. The van der Waals surface area contributed by atoms with Gasteiger partial charge in [0.25, 0.3) is 0 Å². The van der Waals surface area contributed by atoms with Gasteiger partial charge in [-0.05, 0) is 49.4 Å². The third-order valence-electron chi connectivity index (χ3n) is 19.2. The highest BCUT2D eigenvalue weighted by Crippen LogP contribution is 2.45. The van der Waals surface area contributed by atoms with Gasteiger partial charge in [-0.3, -0.25) is 37.3 Å². The Balaban J connectivity index is 5.20. The monoisotopic (exact) mass is 1470 g/mol. The van der Waals surface area contributed by atoms with Crippen molar-refractivity contribution < 1.29 is 80.2 Å². The smallest absolute Gasteiger partial charge is 0.462 e. The maximum Gasteiger partial charge on any atom is 0.472 e. The number of phosphoric acid groups is 2. The topological polar surface area (TPSA) is 237 Å². The van der Waals surface area contributed by atoms with Crippen LogP contribution in [-0.2, 0) is 65.4 Å². The molecule has 0 radical (unpaired) electrons. The molecule has 19 heteroatoms. The van der Waals surface area contributed by atoms with Gasteiger partial charge in [0.15, 0.2) is 12.2 Å². The molecule has 17 nitrogen and oxygen atoms in total. The summed E-state index contributed by atoms with van der Waals surface area (Å²) in [5.74, 6) is 0.982. The van der Waals surface area contributed by atoms with E-state index in [0.717, 1.165) is 114 Å². The number of carbonyl (C=O) groups excluding carboxylic acids is 4. The summed E-state index contributed by atoms with van der Waals surface area (Å²) in [6.07, 6.45) is 57.0. The Morgan fingerprint density at radius 3 is 0.710 bits per heavy atom. The van der Waals surface area contributed by atoms with Gasteiger partial charge in [0.2, 0.25) is 0 Å². The summed E-state index contributed by atoms with van der Waals surface area (Å²) in [7, 11) is -9.92. The van der Waals surface area contributed by atoms with Crippen LogP contribution in [0.15, 0.2) is 0 Å². The van der Waals surface area contributed by atoms with Crippen LogP contribution in [0.4, 0.5) is 0 Å². The van der Waals surface area contributed by atoms with Gasteiger partial charge < -0.3 is 33.8 Å². The van der Waals surface area contributed by atoms with Crippen LogP contribution in [0.3, 0.4) is 0 Å². The number of hydrogen-bond donors (Lipinski definition) is 3. The number of aliphatic hydroxyl groups excluding tert-OH is 1. The third-order valence-corrected chi connectivity index (χ3v) is 21.1. The zero-order valence-corrected chi connectivity index (χ0v) is 67.6. The van der Waals surface area contributed by atoms with Crippen LogP contribution in [0.2, 0.25) is 0 Å². The number of esters is 4. The second-order valence-electron chi connectivity index (χ2n) is 30.8. The van der Waals surface area contributed by atoms with Crippen molar-refractivity contribution in [2.45, 2.75) is 433 Å². The van der Waals surface area contributed by atoms with Crippen LogP contribution >= 0.6 is 15.6 Å². The van der Waals surface area contributed by atoms with E-state index in [1.165, 1.54) is 212 Å². The fourth-order valence-electron chi connectivity index (χ4n) is 12.4. The second kappa shape index (κ2) is 70.1. The Kier molecular flexibility index (Phi) is 68.7. The minimum atomic E-state index is -4.96. The molecule has 3 N–H and O–H groups in total. The lowest BCUT2D eigenvalue weighted by Gasteiger charge is -2.21. The zero-order valence-electron chi connectivity index (χ0n) is 65.8. The summed E-state index contributed by atoms with van der Waals surface area (Å²) in [4.78, 5) is 73.0. The number of aliphatic hydroxyl groups is 1. The van der Waals surface area contributed by atoms with Crippen molar-refractivity contribution >= 4 is 39.5 Å². The molecule has 0 spiro atoms. The van der Waals surface area contributed by atoms with E-state index in [1.807, 2.05) is 0 Å². The van der Waals surface area contributed by atoms with Gasteiger partial charge in [-0.2, -0.15) is 0 Å². The summed E-state index contributed by atoms with van der Waals surface area (Å²) in [5, 5.41) is 10.6. The highest BCUT2D eigenvalue weighted by Gasteiger charge is 2.30. The largest absolute Gasteiger partial charge is 0.472 e. The minimum Gasteiger partial charge on any atom is -0.462 e. The van der Waals surface area contributed by atoms with Crippen molar-refractivity contribution in [3.8, 4) is 0 Å². The van der Waals surface area contributed by atoms with Crippen LogP contribution < -0.4 is 0 Å². The molecule has 0 amide bonds. The molecule has 0 fully saturated rings. The minimum absolute atomic E-state index is 0.106. The fourth-order valence-corrected chi connectivity index (χ4v) is 14.0. The molecule has 0 aromatic carbocycles. The van der Waals surface area contributed by atoms with Gasteiger partial charge in [-0.15, -0.1) is 0 Å². The molecule has 0 aromatic heterocycles. The molecule has 0 rings (SSSR count). The number of carbonyl (C=O) groups is 4. The van der Waals surface area contributed by atoms with Gasteiger partial charge in [0.05, 0.1) is 26.4 Å². The summed E-state index contributed by atoms with van der Waals surface area (Å²) < 4.78 is 68.7. The van der Waals surface area contributed by atoms with Crippen molar-refractivity contribution in [3.63, 3.8) is 0 Å². The first-order valence-electron chi connectivity index (χ1n) is 41.7. The molecular formula is C81H158O17P2. The first-order valence-corrected chi connectivity index (χ1v) is 44.7. The molecule has 6 atom stereocenters. The SMILES string of the molecule is CCC(C)CCCCCCCCCCC(=O)OC[C@H](COP(=O)(O)OCC(O)COP(=O)(O)OC[C@@H](COC(=O)CCCCCCCCCC(C)C)OC(=O)CCCCCCCCCCCCCCCCC(C)C)OC(=O)CCCCCCCCCCCCCCCCCCCCC(C)C. The summed E-state index contributed by atoms with van der Waals surface area (Å²) in [6, 6.07) is 0. The van der Waals surface area contributed by atoms with Gasteiger partial charge >= 0.3 is 39.5 Å². The first-order chi connectivity index (χ1) is 48.1. The van der Waals surface area contributed by atoms with Crippen LogP contribution in [-0.4, -0.2) is 96.7 Å². The third kappa shape index (κ3) is 73.0. The normalized spacial score (nSPS) is 14.3. The van der Waals surface area contributed by atoms with Crippen molar-refractivity contribution in [1.29, 1.82) is 0 Å². The maximum atomic E-state index is 13.1. The molecule has 0 bridgehead atoms. The lowest BCUT2D eigenvalue weighted by atomic mass is 9.99. The standard InChI is InChI=1S/C81H158O17P2/c1-9-74(8)60-52-44-36-30-31-37-45-53-61-78(83)91-67-76(97-80(85)63-55-47-38-28-24-20-15-13-11-10-12-14-18-22-26-33-41-49-57-71(2)3)69-95-99(87,88)93-65-75(82)66-94-100(89,90)96-70-77(68-92-79(84)62-54-46-40-32-35-43-51-59-73(6)7)98-81(86)64-56-48-39-29-25-21-17-16-19-23-27-34-42-50-58-72(4)5/h71-77,82H,9-70H2,1-8H3,(H,87,88)(H,89,90)/t74?,75?,76-,77-/m1/s1. The average Bonchev–Trinajstić information content (AvgIpc) is 0.929. The lowest BCUT2D eigenvalue weighted by molar-refractivity contribution is -0.161.